The standard InChI is InChI=1S/C11H16ClNS/c1-3-4-5-6-14-10-7-11(12)13-8-9(10)2/h7-8H,3-6H2,1-2H3. The molecule has 0 aliphatic heterocycles. The number of thioether (sulfide) groups is 1. The largest absolute Gasteiger partial charge is 0.244 e. The lowest BCUT2D eigenvalue weighted by Crippen LogP contribution is -1.85. The minimum absolute atomic E-state index is 0.591. The normalized spacial score (nSPS) is 10.5. The molecule has 0 fully saturated rings. The van der Waals surface area contributed by atoms with Gasteiger partial charge in [0.1, 0.15) is 5.15 Å². The second-order valence-corrected chi connectivity index (χ2v) is 4.85. The maximum atomic E-state index is 5.83. The Labute approximate surface area is 95.3 Å². The molecule has 0 saturated heterocycles. The Hall–Kier alpha value is -0.210. The van der Waals surface area contributed by atoms with Gasteiger partial charge in [-0.25, -0.2) is 4.98 Å². The number of hydrogen-bond donors (Lipinski definition) is 0. The Balaban J connectivity index is 2.45. The van der Waals surface area contributed by atoms with Crippen LogP contribution in [0.4, 0.5) is 0 Å². The summed E-state index contributed by atoms with van der Waals surface area (Å²) in [6.07, 6.45) is 5.70. The highest BCUT2D eigenvalue weighted by Crippen LogP contribution is 2.25. The summed E-state index contributed by atoms with van der Waals surface area (Å²) in [5.74, 6) is 1.18. The van der Waals surface area contributed by atoms with Gasteiger partial charge in [-0.05, 0) is 30.7 Å². The van der Waals surface area contributed by atoms with E-state index in [1.165, 1.54) is 35.5 Å². The van der Waals surface area contributed by atoms with E-state index >= 15 is 0 Å². The zero-order valence-corrected chi connectivity index (χ0v) is 10.3. The monoisotopic (exact) mass is 229 g/mol. The molecule has 0 aliphatic rings. The summed E-state index contributed by atoms with van der Waals surface area (Å²) < 4.78 is 0. The number of halogens is 1. The molecule has 0 N–H and O–H groups in total. The summed E-state index contributed by atoms with van der Waals surface area (Å²) in [5.41, 5.74) is 1.22. The van der Waals surface area contributed by atoms with Gasteiger partial charge in [0.25, 0.3) is 0 Å². The number of pyridine rings is 1. The number of hydrogen-bond acceptors (Lipinski definition) is 2. The van der Waals surface area contributed by atoms with Crippen LogP contribution in [0.2, 0.25) is 5.15 Å². The van der Waals surface area contributed by atoms with Crippen molar-refractivity contribution in [3.05, 3.63) is 23.0 Å². The quantitative estimate of drug-likeness (QED) is 0.424. The van der Waals surface area contributed by atoms with Crippen molar-refractivity contribution in [3.63, 3.8) is 0 Å². The highest BCUT2D eigenvalue weighted by Gasteiger charge is 2.00. The molecule has 0 aromatic carbocycles. The number of aryl methyl sites for hydroxylation is 1. The number of rotatable bonds is 5. The summed E-state index contributed by atoms with van der Waals surface area (Å²) in [6, 6.07) is 1.95. The van der Waals surface area contributed by atoms with Crippen molar-refractivity contribution < 1.29 is 0 Å². The molecule has 0 saturated carbocycles. The van der Waals surface area contributed by atoms with Gasteiger partial charge in [-0.2, -0.15) is 0 Å². The van der Waals surface area contributed by atoms with Crippen molar-refractivity contribution in [3.8, 4) is 0 Å². The molecular formula is C11H16ClNS. The molecule has 14 heavy (non-hydrogen) atoms. The van der Waals surface area contributed by atoms with Crippen LogP contribution >= 0.6 is 23.4 Å². The zero-order chi connectivity index (χ0) is 10.4. The molecule has 1 rings (SSSR count). The van der Waals surface area contributed by atoms with E-state index in [0.717, 1.165) is 0 Å². The highest BCUT2D eigenvalue weighted by atomic mass is 35.5. The van der Waals surface area contributed by atoms with Crippen LogP contribution < -0.4 is 0 Å². The third kappa shape index (κ3) is 3.89. The van der Waals surface area contributed by atoms with Crippen LogP contribution in [-0.2, 0) is 0 Å². The predicted molar refractivity (Wildman–Crippen MR) is 64.2 cm³/mol. The topological polar surface area (TPSA) is 12.9 Å². The van der Waals surface area contributed by atoms with Gasteiger partial charge in [-0.1, -0.05) is 31.4 Å². The van der Waals surface area contributed by atoms with Gasteiger partial charge in [0.05, 0.1) is 0 Å². The fourth-order valence-corrected chi connectivity index (χ4v) is 2.44. The molecule has 1 nitrogen and oxygen atoms in total. The average Bonchev–Trinajstić information content (AvgIpc) is 2.18. The molecule has 1 aromatic rings. The lowest BCUT2D eigenvalue weighted by molar-refractivity contribution is 0.778. The lowest BCUT2D eigenvalue weighted by Gasteiger charge is -2.04. The molecule has 3 heteroatoms. The van der Waals surface area contributed by atoms with Gasteiger partial charge in [0.15, 0.2) is 0 Å². The van der Waals surface area contributed by atoms with Crippen molar-refractivity contribution in [1.29, 1.82) is 0 Å². The Morgan fingerprint density at radius 3 is 2.93 bits per heavy atom. The molecule has 0 spiro atoms. The highest BCUT2D eigenvalue weighted by molar-refractivity contribution is 7.99. The van der Waals surface area contributed by atoms with Crippen molar-refractivity contribution >= 4 is 23.4 Å². The summed E-state index contributed by atoms with van der Waals surface area (Å²) in [7, 11) is 0. The summed E-state index contributed by atoms with van der Waals surface area (Å²) in [4.78, 5) is 5.30. The smallest absolute Gasteiger partial charge is 0.130 e. The van der Waals surface area contributed by atoms with Gasteiger partial charge < -0.3 is 0 Å². The molecule has 0 radical (unpaired) electrons. The van der Waals surface area contributed by atoms with Crippen LogP contribution in [0.1, 0.15) is 31.7 Å². The number of unbranched alkanes of at least 4 members (excludes halogenated alkanes) is 2. The van der Waals surface area contributed by atoms with Crippen LogP contribution in [0.25, 0.3) is 0 Å². The molecule has 1 aromatic heterocycles. The molecule has 0 atom stereocenters. The van der Waals surface area contributed by atoms with Crippen LogP contribution in [0.3, 0.4) is 0 Å². The van der Waals surface area contributed by atoms with Crippen molar-refractivity contribution in [2.24, 2.45) is 0 Å². The average molecular weight is 230 g/mol. The first-order valence-corrected chi connectivity index (χ1v) is 6.35. The summed E-state index contributed by atoms with van der Waals surface area (Å²) >= 11 is 7.71. The Morgan fingerprint density at radius 2 is 2.21 bits per heavy atom. The van der Waals surface area contributed by atoms with Crippen LogP contribution in [-0.4, -0.2) is 10.7 Å². The third-order valence-corrected chi connectivity index (χ3v) is 3.48. The predicted octanol–water partition coefficient (Wildman–Crippen LogP) is 4.33. The van der Waals surface area contributed by atoms with E-state index in [-0.39, 0.29) is 0 Å². The van der Waals surface area contributed by atoms with Gasteiger partial charge in [0, 0.05) is 11.1 Å². The number of aromatic nitrogens is 1. The van der Waals surface area contributed by atoms with E-state index in [9.17, 15) is 0 Å². The molecule has 0 unspecified atom stereocenters. The maximum absolute atomic E-state index is 5.83. The van der Waals surface area contributed by atoms with E-state index in [1.54, 1.807) is 0 Å². The van der Waals surface area contributed by atoms with Crippen LogP contribution in [0.15, 0.2) is 17.2 Å². The lowest BCUT2D eigenvalue weighted by atomic mass is 10.3. The van der Waals surface area contributed by atoms with Gasteiger partial charge in [-0.15, -0.1) is 11.8 Å². The minimum atomic E-state index is 0.591. The Bertz CT molecular complexity index is 289. The van der Waals surface area contributed by atoms with Gasteiger partial charge in [0.2, 0.25) is 0 Å². The van der Waals surface area contributed by atoms with E-state index in [0.29, 0.717) is 5.15 Å². The maximum Gasteiger partial charge on any atom is 0.130 e. The summed E-state index contributed by atoms with van der Waals surface area (Å²) in [5, 5.41) is 0.591. The van der Waals surface area contributed by atoms with Crippen molar-refractivity contribution in [2.45, 2.75) is 38.0 Å². The zero-order valence-electron chi connectivity index (χ0n) is 8.72. The SMILES string of the molecule is CCCCCSc1cc(Cl)ncc1C. The molecular weight excluding hydrogens is 214 g/mol. The minimum Gasteiger partial charge on any atom is -0.244 e. The molecule has 78 valence electrons. The van der Waals surface area contributed by atoms with Crippen LogP contribution in [0.5, 0.6) is 0 Å². The third-order valence-electron chi connectivity index (χ3n) is 2.03. The second kappa shape index (κ2) is 6.31. The van der Waals surface area contributed by atoms with E-state index in [1.807, 2.05) is 24.0 Å². The van der Waals surface area contributed by atoms with Crippen molar-refractivity contribution in [2.75, 3.05) is 5.75 Å². The fraction of sp³-hybridized carbons (Fsp3) is 0.545. The second-order valence-electron chi connectivity index (χ2n) is 3.33. The van der Waals surface area contributed by atoms with E-state index in [4.69, 9.17) is 11.6 Å². The van der Waals surface area contributed by atoms with Gasteiger partial charge >= 0.3 is 0 Å². The first kappa shape index (κ1) is 11.9. The summed E-state index contributed by atoms with van der Waals surface area (Å²) in [6.45, 7) is 4.30. The van der Waals surface area contributed by atoms with Crippen LogP contribution in [0, 0.1) is 6.92 Å². The first-order chi connectivity index (χ1) is 6.74. The van der Waals surface area contributed by atoms with E-state index in [2.05, 4.69) is 18.8 Å². The van der Waals surface area contributed by atoms with Gasteiger partial charge in [-0.3, -0.25) is 0 Å². The number of nitrogens with zero attached hydrogens (tertiary/aromatic N) is 1. The van der Waals surface area contributed by atoms with E-state index < -0.39 is 0 Å². The molecule has 1 heterocycles. The molecule has 0 amide bonds. The first-order valence-electron chi connectivity index (χ1n) is 4.99. The van der Waals surface area contributed by atoms with Crippen molar-refractivity contribution in [1.82, 2.24) is 4.98 Å². The molecule has 0 bridgehead atoms. The Morgan fingerprint density at radius 1 is 1.43 bits per heavy atom. The molecule has 0 aliphatic carbocycles. The Kier molecular flexibility index (Phi) is 5.34. The fourth-order valence-electron chi connectivity index (χ4n) is 1.17.